The molecule has 27 heavy (non-hydrogen) atoms. The van der Waals surface area contributed by atoms with Gasteiger partial charge in [-0.05, 0) is 43.0 Å². The first-order chi connectivity index (χ1) is 13.4. The molecule has 0 atom stereocenters. The molecule has 1 aromatic carbocycles. The van der Waals surface area contributed by atoms with Gasteiger partial charge < -0.3 is 4.90 Å². The van der Waals surface area contributed by atoms with Crippen molar-refractivity contribution < 1.29 is 0 Å². The third-order valence-corrected chi connectivity index (χ3v) is 6.18. The monoisotopic (exact) mass is 372 g/mol. The van der Waals surface area contributed by atoms with E-state index in [4.69, 9.17) is 9.97 Å². The van der Waals surface area contributed by atoms with Gasteiger partial charge in [-0.3, -0.25) is 4.98 Å². The van der Waals surface area contributed by atoms with Gasteiger partial charge in [-0.1, -0.05) is 30.3 Å². The van der Waals surface area contributed by atoms with E-state index >= 15 is 0 Å². The Morgan fingerprint density at radius 1 is 0.815 bits per heavy atom. The summed E-state index contributed by atoms with van der Waals surface area (Å²) in [7, 11) is 0. The van der Waals surface area contributed by atoms with Crippen molar-refractivity contribution in [2.45, 2.75) is 19.3 Å². The van der Waals surface area contributed by atoms with E-state index < -0.39 is 0 Å². The van der Waals surface area contributed by atoms with Crippen molar-refractivity contribution in [3.63, 3.8) is 0 Å². The van der Waals surface area contributed by atoms with Crippen LogP contribution in [0.4, 0.5) is 5.82 Å². The molecule has 1 saturated heterocycles. The molecule has 4 aromatic rings. The summed E-state index contributed by atoms with van der Waals surface area (Å²) in [6, 6.07) is 16.7. The van der Waals surface area contributed by atoms with Crippen LogP contribution in [0.5, 0.6) is 0 Å². The van der Waals surface area contributed by atoms with E-state index in [0.29, 0.717) is 0 Å². The minimum absolute atomic E-state index is 0.780. The summed E-state index contributed by atoms with van der Waals surface area (Å²) in [5.41, 5.74) is 3.27. The highest BCUT2D eigenvalue weighted by Gasteiger charge is 2.20. The molecule has 0 N–H and O–H groups in total. The van der Waals surface area contributed by atoms with Crippen LogP contribution in [-0.2, 0) is 0 Å². The molecule has 5 rings (SSSR count). The number of benzene rings is 1. The van der Waals surface area contributed by atoms with Gasteiger partial charge in [0.05, 0.1) is 10.2 Å². The normalized spacial score (nSPS) is 14.6. The van der Waals surface area contributed by atoms with Gasteiger partial charge in [0.1, 0.15) is 0 Å². The quantitative estimate of drug-likeness (QED) is 0.482. The van der Waals surface area contributed by atoms with E-state index in [9.17, 15) is 0 Å². The molecule has 1 aliphatic heterocycles. The molecular formula is C22H20N4S. The molecule has 4 heterocycles. The smallest absolute Gasteiger partial charge is 0.162 e. The van der Waals surface area contributed by atoms with Gasteiger partial charge in [-0.2, -0.15) is 0 Å². The van der Waals surface area contributed by atoms with Gasteiger partial charge >= 0.3 is 0 Å². The Balaban J connectivity index is 1.69. The van der Waals surface area contributed by atoms with Crippen LogP contribution in [0.2, 0.25) is 0 Å². The van der Waals surface area contributed by atoms with Gasteiger partial charge in [0.2, 0.25) is 0 Å². The molecule has 0 unspecified atom stereocenters. The summed E-state index contributed by atoms with van der Waals surface area (Å²) in [6.07, 6.45) is 7.36. The van der Waals surface area contributed by atoms with E-state index in [0.717, 1.165) is 35.8 Å². The highest BCUT2D eigenvalue weighted by Crippen LogP contribution is 2.39. The Morgan fingerprint density at radius 2 is 1.59 bits per heavy atom. The number of fused-ring (bicyclic) bond motifs is 1. The SMILES string of the molecule is c1ccc(-c2cc3nc(-c4ccncc4)nc(N4CCCCC4)c3s2)cc1. The standard InChI is InChI=1S/C22H20N4S/c1-3-7-16(8-4-1)19-15-18-20(27-19)22(26-13-5-2-6-14-26)25-21(24-18)17-9-11-23-12-10-17/h1,3-4,7-12,15H,2,5-6,13-14H2. The van der Waals surface area contributed by atoms with Crippen molar-refractivity contribution in [1.82, 2.24) is 15.0 Å². The summed E-state index contributed by atoms with van der Waals surface area (Å²) < 4.78 is 1.19. The van der Waals surface area contributed by atoms with Crippen molar-refractivity contribution in [1.29, 1.82) is 0 Å². The fourth-order valence-electron chi connectivity index (χ4n) is 3.61. The van der Waals surface area contributed by atoms with Crippen LogP contribution in [0.3, 0.4) is 0 Å². The van der Waals surface area contributed by atoms with E-state index in [-0.39, 0.29) is 0 Å². The number of piperidine rings is 1. The number of pyridine rings is 1. The maximum Gasteiger partial charge on any atom is 0.162 e. The molecule has 4 nitrogen and oxygen atoms in total. The lowest BCUT2D eigenvalue weighted by Gasteiger charge is -2.28. The maximum atomic E-state index is 5.00. The third-order valence-electron chi connectivity index (χ3n) is 5.01. The topological polar surface area (TPSA) is 41.9 Å². The molecule has 0 bridgehead atoms. The fourth-order valence-corrected chi connectivity index (χ4v) is 4.73. The second-order valence-electron chi connectivity index (χ2n) is 6.85. The molecule has 3 aromatic heterocycles. The zero-order valence-electron chi connectivity index (χ0n) is 15.0. The summed E-state index contributed by atoms with van der Waals surface area (Å²) in [5.74, 6) is 1.86. The number of aromatic nitrogens is 3. The van der Waals surface area contributed by atoms with Crippen LogP contribution in [-0.4, -0.2) is 28.0 Å². The van der Waals surface area contributed by atoms with Gasteiger partial charge in [-0.25, -0.2) is 9.97 Å². The number of rotatable bonds is 3. The molecule has 0 saturated carbocycles. The molecule has 134 valence electrons. The van der Waals surface area contributed by atoms with Gasteiger partial charge in [0.15, 0.2) is 11.6 Å². The highest BCUT2D eigenvalue weighted by molar-refractivity contribution is 7.22. The van der Waals surface area contributed by atoms with Gasteiger partial charge in [0, 0.05) is 35.9 Å². The second-order valence-corrected chi connectivity index (χ2v) is 7.90. The summed E-state index contributed by atoms with van der Waals surface area (Å²) in [6.45, 7) is 2.14. The Bertz CT molecular complexity index is 1050. The summed E-state index contributed by atoms with van der Waals surface area (Å²) in [4.78, 5) is 17.7. The molecule has 5 heteroatoms. The van der Waals surface area contributed by atoms with Crippen molar-refractivity contribution in [2.75, 3.05) is 18.0 Å². The van der Waals surface area contributed by atoms with Crippen LogP contribution >= 0.6 is 11.3 Å². The molecule has 0 radical (unpaired) electrons. The van der Waals surface area contributed by atoms with Crippen LogP contribution < -0.4 is 4.90 Å². The zero-order valence-corrected chi connectivity index (χ0v) is 15.8. The van der Waals surface area contributed by atoms with Crippen molar-refractivity contribution in [3.8, 4) is 21.8 Å². The first-order valence-electron chi connectivity index (χ1n) is 9.41. The van der Waals surface area contributed by atoms with Crippen molar-refractivity contribution in [3.05, 3.63) is 60.9 Å². The predicted molar refractivity (Wildman–Crippen MR) is 112 cm³/mol. The largest absolute Gasteiger partial charge is 0.355 e. The lowest BCUT2D eigenvalue weighted by atomic mass is 10.1. The number of nitrogens with zero attached hydrogens (tertiary/aromatic N) is 4. The molecular weight excluding hydrogens is 352 g/mol. The number of hydrogen-bond acceptors (Lipinski definition) is 5. The zero-order chi connectivity index (χ0) is 18.1. The summed E-state index contributed by atoms with van der Waals surface area (Å²) in [5, 5.41) is 0. The van der Waals surface area contributed by atoms with E-state index in [1.54, 1.807) is 23.7 Å². The molecule has 0 amide bonds. The lowest BCUT2D eigenvalue weighted by Crippen LogP contribution is -2.30. The van der Waals surface area contributed by atoms with Gasteiger partial charge in [0.25, 0.3) is 0 Å². The molecule has 1 fully saturated rings. The van der Waals surface area contributed by atoms with Crippen molar-refractivity contribution in [2.24, 2.45) is 0 Å². The van der Waals surface area contributed by atoms with E-state index in [1.807, 2.05) is 12.1 Å². The third kappa shape index (κ3) is 3.19. The van der Waals surface area contributed by atoms with Crippen LogP contribution in [0.15, 0.2) is 60.9 Å². The van der Waals surface area contributed by atoms with Crippen molar-refractivity contribution >= 4 is 27.4 Å². The van der Waals surface area contributed by atoms with Crippen LogP contribution in [0, 0.1) is 0 Å². The Labute approximate surface area is 162 Å². The average molecular weight is 372 g/mol. The fraction of sp³-hybridized carbons (Fsp3) is 0.227. The number of hydrogen-bond donors (Lipinski definition) is 0. The van der Waals surface area contributed by atoms with Crippen LogP contribution in [0.1, 0.15) is 19.3 Å². The highest BCUT2D eigenvalue weighted by atomic mass is 32.1. The molecule has 1 aliphatic rings. The number of anilines is 1. The number of thiophene rings is 1. The Hall–Kier alpha value is -2.79. The van der Waals surface area contributed by atoms with Crippen LogP contribution in [0.25, 0.3) is 32.0 Å². The first-order valence-corrected chi connectivity index (χ1v) is 10.2. The second kappa shape index (κ2) is 7.08. The first kappa shape index (κ1) is 16.4. The van der Waals surface area contributed by atoms with E-state index in [1.165, 1.54) is 34.4 Å². The Morgan fingerprint density at radius 3 is 2.37 bits per heavy atom. The molecule has 0 aliphatic carbocycles. The lowest BCUT2D eigenvalue weighted by molar-refractivity contribution is 0.575. The summed E-state index contributed by atoms with van der Waals surface area (Å²) >= 11 is 1.80. The Kier molecular flexibility index (Phi) is 4.30. The average Bonchev–Trinajstić information content (AvgIpc) is 3.19. The van der Waals surface area contributed by atoms with Gasteiger partial charge in [-0.15, -0.1) is 11.3 Å². The minimum Gasteiger partial charge on any atom is -0.355 e. The molecule has 0 spiro atoms. The predicted octanol–water partition coefficient (Wildman–Crippen LogP) is 5.41. The minimum atomic E-state index is 0.780. The van der Waals surface area contributed by atoms with E-state index in [2.05, 4.69) is 46.3 Å². The maximum absolute atomic E-state index is 5.00.